The minimum atomic E-state index is 0.811. The molecule has 2 heterocycles. The lowest BCUT2D eigenvalue weighted by Crippen LogP contribution is -2.48. The molecule has 2 nitrogen and oxygen atoms in total. The fourth-order valence-corrected chi connectivity index (χ4v) is 4.83. The summed E-state index contributed by atoms with van der Waals surface area (Å²) in [6.07, 6.45) is 11.4. The van der Waals surface area contributed by atoms with Gasteiger partial charge in [0.25, 0.3) is 0 Å². The van der Waals surface area contributed by atoms with Crippen LogP contribution in [0.5, 0.6) is 0 Å². The molecule has 2 aliphatic heterocycles. The maximum atomic E-state index is 2.77. The molecule has 2 saturated heterocycles. The van der Waals surface area contributed by atoms with Crippen LogP contribution in [0.25, 0.3) is 0 Å². The van der Waals surface area contributed by atoms with E-state index in [4.69, 9.17) is 0 Å². The van der Waals surface area contributed by atoms with Crippen LogP contribution in [-0.2, 0) is 0 Å². The van der Waals surface area contributed by atoms with Crippen LogP contribution >= 0.6 is 0 Å². The van der Waals surface area contributed by atoms with Gasteiger partial charge in [-0.25, -0.2) is 0 Å². The van der Waals surface area contributed by atoms with E-state index in [1.165, 1.54) is 64.5 Å². The molecule has 4 atom stereocenters. The highest BCUT2D eigenvalue weighted by Gasteiger charge is 2.30. The zero-order valence-corrected chi connectivity index (χ0v) is 14.3. The van der Waals surface area contributed by atoms with Gasteiger partial charge in [0.05, 0.1) is 0 Å². The Morgan fingerprint density at radius 1 is 0.700 bits per heavy atom. The van der Waals surface area contributed by atoms with E-state index >= 15 is 0 Å². The van der Waals surface area contributed by atoms with Gasteiger partial charge < -0.3 is 0 Å². The highest BCUT2D eigenvalue weighted by Crippen LogP contribution is 2.30. The van der Waals surface area contributed by atoms with Gasteiger partial charge in [0.1, 0.15) is 0 Å². The quantitative estimate of drug-likeness (QED) is 0.741. The highest BCUT2D eigenvalue weighted by molar-refractivity contribution is 4.86. The molecule has 0 aromatic carbocycles. The number of nitrogens with zero attached hydrogens (tertiary/aromatic N) is 2. The minimum Gasteiger partial charge on any atom is -0.298 e. The molecule has 2 rings (SSSR count). The fraction of sp³-hybridized carbons (Fsp3) is 1.00. The predicted octanol–water partition coefficient (Wildman–Crippen LogP) is 4.29. The Morgan fingerprint density at radius 2 is 1.10 bits per heavy atom. The maximum absolute atomic E-state index is 2.77. The second kappa shape index (κ2) is 7.79. The molecule has 0 spiro atoms. The highest BCUT2D eigenvalue weighted by atomic mass is 15.2. The van der Waals surface area contributed by atoms with Crippen LogP contribution in [-0.4, -0.2) is 47.1 Å². The first-order valence-electron chi connectivity index (χ1n) is 9.18. The first-order valence-corrected chi connectivity index (χ1v) is 9.18. The zero-order valence-electron chi connectivity index (χ0n) is 14.3. The molecule has 0 saturated carbocycles. The first kappa shape index (κ1) is 16.3. The fourth-order valence-electron chi connectivity index (χ4n) is 4.83. The molecule has 0 radical (unpaired) electrons. The van der Waals surface area contributed by atoms with Crippen LogP contribution < -0.4 is 0 Å². The molecule has 118 valence electrons. The van der Waals surface area contributed by atoms with E-state index in [1.807, 2.05) is 0 Å². The summed E-state index contributed by atoms with van der Waals surface area (Å²) in [5, 5.41) is 0. The molecule has 0 N–H and O–H groups in total. The van der Waals surface area contributed by atoms with Crippen molar-refractivity contribution in [1.82, 2.24) is 9.80 Å². The topological polar surface area (TPSA) is 6.48 Å². The molecule has 0 amide bonds. The SMILES string of the molecule is CCN1[C@@H](CC[C@@H]2CCC[C@H](C)N2CC)CCC[C@@H]1C. The Bertz CT molecular complexity index is 251. The summed E-state index contributed by atoms with van der Waals surface area (Å²) in [5.74, 6) is 0. The molecular weight excluding hydrogens is 244 g/mol. The molecule has 0 unspecified atom stereocenters. The van der Waals surface area contributed by atoms with E-state index in [-0.39, 0.29) is 0 Å². The lowest BCUT2D eigenvalue weighted by molar-refractivity contribution is 0.0617. The van der Waals surface area contributed by atoms with Crippen LogP contribution in [0.1, 0.15) is 79.1 Å². The lowest BCUT2D eigenvalue weighted by atomic mass is 9.88. The van der Waals surface area contributed by atoms with Crippen molar-refractivity contribution in [3.8, 4) is 0 Å². The van der Waals surface area contributed by atoms with Gasteiger partial charge in [0.2, 0.25) is 0 Å². The number of hydrogen-bond donors (Lipinski definition) is 0. The van der Waals surface area contributed by atoms with Crippen LogP contribution in [0.15, 0.2) is 0 Å². The average Bonchev–Trinajstić information content (AvgIpc) is 2.45. The van der Waals surface area contributed by atoms with Crippen LogP contribution in [0.3, 0.4) is 0 Å². The van der Waals surface area contributed by atoms with Crippen molar-refractivity contribution >= 4 is 0 Å². The molecule has 0 aliphatic carbocycles. The predicted molar refractivity (Wildman–Crippen MR) is 88.2 cm³/mol. The first-order chi connectivity index (χ1) is 9.67. The summed E-state index contributed by atoms with van der Waals surface area (Å²) in [6, 6.07) is 3.34. The van der Waals surface area contributed by atoms with Gasteiger partial charge >= 0.3 is 0 Å². The Labute approximate surface area is 126 Å². The maximum Gasteiger partial charge on any atom is 0.00985 e. The second-order valence-electron chi connectivity index (χ2n) is 7.11. The molecule has 2 aliphatic rings. The smallest absolute Gasteiger partial charge is 0.00985 e. The summed E-state index contributed by atoms with van der Waals surface area (Å²) >= 11 is 0. The van der Waals surface area contributed by atoms with E-state index in [1.54, 1.807) is 0 Å². The third-order valence-corrected chi connectivity index (χ3v) is 5.95. The van der Waals surface area contributed by atoms with Gasteiger partial charge in [-0.05, 0) is 65.5 Å². The van der Waals surface area contributed by atoms with Crippen molar-refractivity contribution < 1.29 is 0 Å². The summed E-state index contributed by atoms with van der Waals surface area (Å²) in [4.78, 5) is 5.54. The van der Waals surface area contributed by atoms with Crippen molar-refractivity contribution in [3.05, 3.63) is 0 Å². The van der Waals surface area contributed by atoms with E-state index in [2.05, 4.69) is 37.5 Å². The number of likely N-dealkylation sites (tertiary alicyclic amines) is 2. The molecule has 2 heteroatoms. The van der Waals surface area contributed by atoms with Crippen molar-refractivity contribution in [2.24, 2.45) is 0 Å². The summed E-state index contributed by atoms with van der Waals surface area (Å²) in [7, 11) is 0. The Kier molecular flexibility index (Phi) is 6.35. The Hall–Kier alpha value is -0.0800. The normalized spacial score (nSPS) is 37.2. The lowest BCUT2D eigenvalue weighted by Gasteiger charge is -2.43. The molecule has 2 fully saturated rings. The monoisotopic (exact) mass is 280 g/mol. The van der Waals surface area contributed by atoms with Gasteiger partial charge in [-0.15, -0.1) is 0 Å². The van der Waals surface area contributed by atoms with Gasteiger partial charge in [-0.2, -0.15) is 0 Å². The van der Waals surface area contributed by atoms with Crippen LogP contribution in [0, 0.1) is 0 Å². The van der Waals surface area contributed by atoms with Crippen LogP contribution in [0.4, 0.5) is 0 Å². The van der Waals surface area contributed by atoms with Crippen molar-refractivity contribution in [1.29, 1.82) is 0 Å². The summed E-state index contributed by atoms with van der Waals surface area (Å²) in [6.45, 7) is 12.0. The van der Waals surface area contributed by atoms with Gasteiger partial charge in [-0.3, -0.25) is 9.80 Å². The Balaban J connectivity index is 1.86. The molecule has 0 aromatic heterocycles. The third kappa shape index (κ3) is 3.76. The van der Waals surface area contributed by atoms with Crippen LogP contribution in [0.2, 0.25) is 0 Å². The van der Waals surface area contributed by atoms with E-state index in [9.17, 15) is 0 Å². The minimum absolute atomic E-state index is 0.811. The number of rotatable bonds is 5. The van der Waals surface area contributed by atoms with Gasteiger partial charge in [0, 0.05) is 24.2 Å². The van der Waals surface area contributed by atoms with Gasteiger partial charge in [0.15, 0.2) is 0 Å². The molecular formula is C18H36N2. The van der Waals surface area contributed by atoms with E-state index in [0.29, 0.717) is 0 Å². The summed E-state index contributed by atoms with van der Waals surface area (Å²) < 4.78 is 0. The third-order valence-electron chi connectivity index (χ3n) is 5.95. The van der Waals surface area contributed by atoms with E-state index < -0.39 is 0 Å². The number of piperidine rings is 2. The zero-order chi connectivity index (χ0) is 14.5. The summed E-state index contributed by atoms with van der Waals surface area (Å²) in [5.41, 5.74) is 0. The van der Waals surface area contributed by atoms with E-state index in [0.717, 1.165) is 24.2 Å². The number of hydrogen-bond acceptors (Lipinski definition) is 2. The van der Waals surface area contributed by atoms with Crippen molar-refractivity contribution in [2.45, 2.75) is 103 Å². The standard InChI is InChI=1S/C18H36N2/c1-5-19-15(3)9-7-11-17(19)13-14-18-12-8-10-16(4)20(18)6-2/h15-18H,5-14H2,1-4H3/t15-,16-,17-,18+/m0/s1. The van der Waals surface area contributed by atoms with Gasteiger partial charge in [-0.1, -0.05) is 26.7 Å². The average molecular weight is 280 g/mol. The van der Waals surface area contributed by atoms with Crippen molar-refractivity contribution in [3.63, 3.8) is 0 Å². The van der Waals surface area contributed by atoms with Crippen molar-refractivity contribution in [2.75, 3.05) is 13.1 Å². The largest absolute Gasteiger partial charge is 0.298 e. The molecule has 0 bridgehead atoms. The molecule has 0 aromatic rings. The second-order valence-corrected chi connectivity index (χ2v) is 7.11. The Morgan fingerprint density at radius 3 is 1.45 bits per heavy atom. The molecule has 20 heavy (non-hydrogen) atoms.